The quantitative estimate of drug-likeness (QED) is 0.402. The largest absolute Gasteiger partial charge is 0.491 e. The fraction of sp³-hybridized carbons (Fsp3) is 0.407. The number of aryl methyl sites for hydroxylation is 1. The number of benzene rings is 2. The number of ether oxygens (including phenoxy) is 1. The molecule has 0 aliphatic heterocycles. The average Bonchev–Trinajstić information content (AvgIpc) is 2.77. The van der Waals surface area contributed by atoms with Gasteiger partial charge in [0.1, 0.15) is 0 Å². The second-order valence-electron chi connectivity index (χ2n) is 8.04. The Morgan fingerprint density at radius 2 is 1.57 bits per heavy atom. The molecule has 160 valence electrons. The lowest BCUT2D eigenvalue weighted by Crippen LogP contribution is -2.11. The third kappa shape index (κ3) is 5.81. The molecule has 0 bridgehead atoms. The molecular weight excluding hydrogens is 378 g/mol. The molecule has 30 heavy (non-hydrogen) atoms. The van der Waals surface area contributed by atoms with Crippen molar-refractivity contribution in [3.63, 3.8) is 0 Å². The molecule has 0 radical (unpaired) electrons. The Bertz CT molecular complexity index is 859. The van der Waals surface area contributed by atoms with E-state index >= 15 is 0 Å². The molecule has 2 aromatic rings. The Morgan fingerprint density at radius 1 is 0.900 bits per heavy atom. The molecule has 0 spiro atoms. The van der Waals surface area contributed by atoms with E-state index in [4.69, 9.17) is 4.74 Å². The normalized spacial score (nSPS) is 19.6. The summed E-state index contributed by atoms with van der Waals surface area (Å²) < 4.78 is 33.6. The van der Waals surface area contributed by atoms with E-state index in [0.29, 0.717) is 18.1 Å². The van der Waals surface area contributed by atoms with Gasteiger partial charge < -0.3 is 4.74 Å². The Morgan fingerprint density at radius 3 is 2.20 bits per heavy atom. The maximum absolute atomic E-state index is 14.4. The molecule has 0 amide bonds. The fourth-order valence-corrected chi connectivity index (χ4v) is 4.21. The second-order valence-corrected chi connectivity index (χ2v) is 8.04. The molecule has 2 aromatic carbocycles. The van der Waals surface area contributed by atoms with Crippen LogP contribution in [0.1, 0.15) is 51.5 Å². The maximum Gasteiger partial charge on any atom is 0.201 e. The van der Waals surface area contributed by atoms with E-state index in [-0.39, 0.29) is 11.3 Å². The number of allylic oxidation sites excluding steroid dienone is 4. The summed E-state index contributed by atoms with van der Waals surface area (Å²) in [5.74, 6) is -0.347. The first-order valence-corrected chi connectivity index (χ1v) is 11.1. The molecule has 1 aliphatic carbocycles. The van der Waals surface area contributed by atoms with Gasteiger partial charge in [-0.05, 0) is 87.5 Å². The van der Waals surface area contributed by atoms with E-state index in [1.54, 1.807) is 13.0 Å². The van der Waals surface area contributed by atoms with Crippen LogP contribution in [0.3, 0.4) is 0 Å². The fourth-order valence-electron chi connectivity index (χ4n) is 4.21. The molecule has 0 N–H and O–H groups in total. The molecule has 1 saturated carbocycles. The predicted octanol–water partition coefficient (Wildman–Crippen LogP) is 7.90. The first kappa shape index (κ1) is 22.3. The zero-order valence-electron chi connectivity index (χ0n) is 18.0. The lowest BCUT2D eigenvalue weighted by atomic mass is 9.81. The van der Waals surface area contributed by atoms with Crippen LogP contribution in [0.15, 0.2) is 60.7 Å². The van der Waals surface area contributed by atoms with E-state index < -0.39 is 11.6 Å². The molecule has 0 heterocycles. The minimum absolute atomic E-state index is 0.0440. The summed E-state index contributed by atoms with van der Waals surface area (Å²) in [6, 6.07) is 10.8. The molecule has 0 aromatic heterocycles. The van der Waals surface area contributed by atoms with E-state index in [9.17, 15) is 8.78 Å². The Kier molecular flexibility index (Phi) is 8.24. The van der Waals surface area contributed by atoms with Gasteiger partial charge in [-0.3, -0.25) is 0 Å². The molecule has 3 rings (SSSR count). The van der Waals surface area contributed by atoms with Gasteiger partial charge in [-0.15, -0.1) is 0 Å². The van der Waals surface area contributed by atoms with Crippen LogP contribution in [0, 0.1) is 23.5 Å². The van der Waals surface area contributed by atoms with Gasteiger partial charge in [-0.2, -0.15) is 4.39 Å². The van der Waals surface area contributed by atoms with Crippen LogP contribution >= 0.6 is 0 Å². The highest BCUT2D eigenvalue weighted by atomic mass is 19.2. The van der Waals surface area contributed by atoms with E-state index in [0.717, 1.165) is 18.8 Å². The van der Waals surface area contributed by atoms with Gasteiger partial charge in [0.25, 0.3) is 0 Å². The number of rotatable bonds is 8. The van der Waals surface area contributed by atoms with Gasteiger partial charge in [0.15, 0.2) is 11.6 Å². The topological polar surface area (TPSA) is 9.23 Å². The molecule has 0 unspecified atom stereocenters. The first-order chi connectivity index (χ1) is 14.6. The minimum atomic E-state index is -0.927. The molecule has 0 saturated heterocycles. The van der Waals surface area contributed by atoms with Crippen LogP contribution in [0.4, 0.5) is 8.78 Å². The van der Waals surface area contributed by atoms with Crippen molar-refractivity contribution in [3.8, 4) is 16.9 Å². The van der Waals surface area contributed by atoms with Crippen molar-refractivity contribution in [3.05, 3.63) is 77.9 Å². The lowest BCUT2D eigenvalue weighted by Gasteiger charge is -2.24. The van der Waals surface area contributed by atoms with E-state index in [1.807, 2.05) is 24.3 Å². The standard InChI is InChI=1S/C27H32F2O/c1-3-7-20-10-12-21(13-11-20)8-5-6-9-22-14-16-23(17-15-22)24-18-19-25(30-4-2)27(29)26(24)28/h3,5,7-8,14-21H,4,6,9-13H2,1-2H3/b7-3+,8-5+. The SMILES string of the molecule is C/C=C/C1CCC(/C=C/CCc2ccc(-c3ccc(OCC)c(F)c3F)cc2)CC1. The summed E-state index contributed by atoms with van der Waals surface area (Å²) in [5.41, 5.74) is 2.13. The number of halogens is 2. The maximum atomic E-state index is 14.4. The minimum Gasteiger partial charge on any atom is -0.491 e. The van der Waals surface area contributed by atoms with Crippen LogP contribution in [-0.2, 0) is 6.42 Å². The Hall–Kier alpha value is -2.42. The Balaban J connectivity index is 1.52. The lowest BCUT2D eigenvalue weighted by molar-refractivity contribution is 0.314. The smallest absolute Gasteiger partial charge is 0.201 e. The number of hydrogen-bond acceptors (Lipinski definition) is 1. The van der Waals surface area contributed by atoms with Gasteiger partial charge in [0.2, 0.25) is 5.82 Å². The highest BCUT2D eigenvalue weighted by Gasteiger charge is 2.17. The summed E-state index contributed by atoms with van der Waals surface area (Å²) in [6.07, 6.45) is 16.3. The summed E-state index contributed by atoms with van der Waals surface area (Å²) in [6.45, 7) is 4.15. The van der Waals surface area contributed by atoms with Crippen LogP contribution in [-0.4, -0.2) is 6.61 Å². The van der Waals surface area contributed by atoms with Crippen molar-refractivity contribution in [1.82, 2.24) is 0 Å². The summed E-state index contributed by atoms with van der Waals surface area (Å²) in [7, 11) is 0. The molecule has 1 aliphatic rings. The van der Waals surface area contributed by atoms with Crippen molar-refractivity contribution in [2.24, 2.45) is 11.8 Å². The van der Waals surface area contributed by atoms with Gasteiger partial charge in [-0.1, -0.05) is 48.6 Å². The molecule has 3 heteroatoms. The van der Waals surface area contributed by atoms with Crippen molar-refractivity contribution in [2.75, 3.05) is 6.61 Å². The third-order valence-electron chi connectivity index (χ3n) is 5.90. The van der Waals surface area contributed by atoms with Crippen molar-refractivity contribution < 1.29 is 13.5 Å². The third-order valence-corrected chi connectivity index (χ3v) is 5.90. The zero-order chi connectivity index (χ0) is 21.3. The summed E-state index contributed by atoms with van der Waals surface area (Å²) in [5, 5.41) is 0. The zero-order valence-corrected chi connectivity index (χ0v) is 18.0. The highest BCUT2D eigenvalue weighted by molar-refractivity contribution is 5.65. The number of hydrogen-bond donors (Lipinski definition) is 0. The van der Waals surface area contributed by atoms with Crippen LogP contribution in [0.5, 0.6) is 5.75 Å². The summed E-state index contributed by atoms with van der Waals surface area (Å²) >= 11 is 0. The van der Waals surface area contributed by atoms with E-state index in [1.165, 1.54) is 37.3 Å². The van der Waals surface area contributed by atoms with Gasteiger partial charge in [0.05, 0.1) is 6.61 Å². The van der Waals surface area contributed by atoms with Crippen LogP contribution < -0.4 is 4.74 Å². The molecule has 1 fully saturated rings. The monoisotopic (exact) mass is 410 g/mol. The van der Waals surface area contributed by atoms with Crippen LogP contribution in [0.2, 0.25) is 0 Å². The van der Waals surface area contributed by atoms with Crippen LogP contribution in [0.25, 0.3) is 11.1 Å². The first-order valence-electron chi connectivity index (χ1n) is 11.1. The average molecular weight is 411 g/mol. The van der Waals surface area contributed by atoms with Crippen molar-refractivity contribution in [1.29, 1.82) is 0 Å². The molecular formula is C27H32F2O. The highest BCUT2D eigenvalue weighted by Crippen LogP contribution is 2.31. The summed E-state index contributed by atoms with van der Waals surface area (Å²) in [4.78, 5) is 0. The van der Waals surface area contributed by atoms with Gasteiger partial charge >= 0.3 is 0 Å². The van der Waals surface area contributed by atoms with Crippen molar-refractivity contribution >= 4 is 0 Å². The van der Waals surface area contributed by atoms with E-state index in [2.05, 4.69) is 31.2 Å². The second kappa shape index (κ2) is 11.1. The molecule has 1 nitrogen and oxygen atoms in total. The molecule has 0 atom stereocenters. The van der Waals surface area contributed by atoms with Gasteiger partial charge in [-0.25, -0.2) is 4.39 Å². The van der Waals surface area contributed by atoms with Crippen molar-refractivity contribution in [2.45, 2.75) is 52.4 Å². The van der Waals surface area contributed by atoms with Gasteiger partial charge in [0, 0.05) is 5.56 Å². The predicted molar refractivity (Wildman–Crippen MR) is 121 cm³/mol. The Labute approximate surface area is 179 Å².